The second-order valence-electron chi connectivity index (χ2n) is 7.45. The summed E-state index contributed by atoms with van der Waals surface area (Å²) in [7, 11) is 0. The first-order valence-electron chi connectivity index (χ1n) is 10.1. The van der Waals surface area contributed by atoms with Gasteiger partial charge in [-0.15, -0.1) is 11.3 Å². The molecule has 2 amide bonds. The molecule has 1 saturated heterocycles. The molecule has 0 bridgehead atoms. The number of hydrogen-bond donors (Lipinski definition) is 2. The summed E-state index contributed by atoms with van der Waals surface area (Å²) in [6.07, 6.45) is 3.55. The van der Waals surface area contributed by atoms with Gasteiger partial charge in [-0.2, -0.15) is 0 Å². The van der Waals surface area contributed by atoms with Crippen molar-refractivity contribution < 1.29 is 23.5 Å². The molecule has 162 valence electrons. The largest absolute Gasteiger partial charge is 0.489 e. The van der Waals surface area contributed by atoms with E-state index in [1.54, 1.807) is 18.2 Å². The third-order valence-electron chi connectivity index (χ3n) is 4.94. The third kappa shape index (κ3) is 5.15. The van der Waals surface area contributed by atoms with E-state index in [1.807, 2.05) is 32.0 Å². The van der Waals surface area contributed by atoms with Crippen LogP contribution in [0.1, 0.15) is 44.2 Å². The van der Waals surface area contributed by atoms with E-state index in [-0.39, 0.29) is 23.7 Å². The van der Waals surface area contributed by atoms with Gasteiger partial charge in [-0.05, 0) is 68.1 Å². The van der Waals surface area contributed by atoms with E-state index in [1.165, 1.54) is 17.6 Å². The molecule has 1 aliphatic heterocycles. The molecule has 2 aromatic heterocycles. The van der Waals surface area contributed by atoms with Crippen LogP contribution in [0.5, 0.6) is 5.75 Å². The maximum Gasteiger partial charge on any atom is 0.291 e. The third-order valence-corrected chi connectivity index (χ3v) is 6.09. The molecule has 1 atom stereocenters. The summed E-state index contributed by atoms with van der Waals surface area (Å²) in [4.78, 5) is 25.7. The van der Waals surface area contributed by atoms with Gasteiger partial charge < -0.3 is 24.5 Å². The maximum atomic E-state index is 12.9. The smallest absolute Gasteiger partial charge is 0.291 e. The van der Waals surface area contributed by atoms with Crippen LogP contribution >= 0.6 is 11.3 Å². The molecule has 2 N–H and O–H groups in total. The minimum Gasteiger partial charge on any atom is -0.489 e. The van der Waals surface area contributed by atoms with Crippen LogP contribution in [0, 0.1) is 13.8 Å². The van der Waals surface area contributed by atoms with E-state index < -0.39 is 0 Å². The van der Waals surface area contributed by atoms with E-state index in [2.05, 4.69) is 10.6 Å². The zero-order chi connectivity index (χ0) is 21.8. The molecule has 1 aliphatic rings. The Bertz CT molecular complexity index is 1070. The number of rotatable bonds is 7. The number of ether oxygens (including phenoxy) is 2. The van der Waals surface area contributed by atoms with Crippen molar-refractivity contribution >= 4 is 33.8 Å². The van der Waals surface area contributed by atoms with Gasteiger partial charge in [-0.25, -0.2) is 0 Å². The van der Waals surface area contributed by atoms with Crippen molar-refractivity contribution in [2.24, 2.45) is 0 Å². The first-order chi connectivity index (χ1) is 15.0. The van der Waals surface area contributed by atoms with Crippen LogP contribution in [-0.4, -0.2) is 31.1 Å². The summed E-state index contributed by atoms with van der Waals surface area (Å²) in [6.45, 7) is 5.02. The summed E-state index contributed by atoms with van der Waals surface area (Å²) >= 11 is 1.21. The highest BCUT2D eigenvalue weighted by Crippen LogP contribution is 2.31. The Kier molecular flexibility index (Phi) is 6.39. The molecule has 3 aromatic rings. The number of benzene rings is 1. The standard InChI is InChI=1S/C23H24N2O5S/c1-14-7-8-17(19(11-14)30-13-16-5-3-9-28-16)24-23(27)21-15(2)12-20(31-21)25-22(26)18-6-4-10-29-18/h4,6-8,10-12,16H,3,5,9,13H2,1-2H3,(H,24,27)(H,25,26). The number of furan rings is 1. The average Bonchev–Trinajstić information content (AvgIpc) is 3.50. The maximum absolute atomic E-state index is 12.9. The molecule has 8 heteroatoms. The van der Waals surface area contributed by atoms with Crippen LogP contribution in [0.4, 0.5) is 10.7 Å². The Balaban J connectivity index is 1.45. The van der Waals surface area contributed by atoms with Crippen molar-refractivity contribution in [2.45, 2.75) is 32.8 Å². The van der Waals surface area contributed by atoms with Gasteiger partial charge >= 0.3 is 0 Å². The van der Waals surface area contributed by atoms with Gasteiger partial charge in [-0.3, -0.25) is 9.59 Å². The molecule has 0 aliphatic carbocycles. The molecule has 0 spiro atoms. The van der Waals surface area contributed by atoms with E-state index in [9.17, 15) is 9.59 Å². The van der Waals surface area contributed by atoms with Crippen molar-refractivity contribution in [2.75, 3.05) is 23.8 Å². The summed E-state index contributed by atoms with van der Waals surface area (Å²) in [5.41, 5.74) is 2.41. The van der Waals surface area contributed by atoms with Crippen molar-refractivity contribution in [3.63, 3.8) is 0 Å². The Morgan fingerprint density at radius 1 is 1.16 bits per heavy atom. The van der Waals surface area contributed by atoms with Crippen LogP contribution in [0.3, 0.4) is 0 Å². The van der Waals surface area contributed by atoms with E-state index in [4.69, 9.17) is 13.9 Å². The van der Waals surface area contributed by atoms with Crippen molar-refractivity contribution in [3.05, 3.63) is 64.4 Å². The zero-order valence-corrected chi connectivity index (χ0v) is 18.2. The first-order valence-corrected chi connectivity index (χ1v) is 10.9. The van der Waals surface area contributed by atoms with Gasteiger partial charge in [0.25, 0.3) is 11.8 Å². The van der Waals surface area contributed by atoms with Gasteiger partial charge in [0.15, 0.2) is 5.76 Å². The SMILES string of the molecule is Cc1ccc(NC(=O)c2sc(NC(=O)c3ccco3)cc2C)c(OCC2CCCO2)c1. The summed E-state index contributed by atoms with van der Waals surface area (Å²) in [5, 5.41) is 6.27. The molecular weight excluding hydrogens is 416 g/mol. The zero-order valence-electron chi connectivity index (χ0n) is 17.4. The lowest BCUT2D eigenvalue weighted by Crippen LogP contribution is -2.18. The molecular formula is C23H24N2O5S. The van der Waals surface area contributed by atoms with Crippen LogP contribution in [0.2, 0.25) is 0 Å². The second-order valence-corrected chi connectivity index (χ2v) is 8.51. The van der Waals surface area contributed by atoms with Gasteiger partial charge in [0.1, 0.15) is 12.4 Å². The minimum absolute atomic E-state index is 0.0870. The number of carbonyl (C=O) groups excluding carboxylic acids is 2. The van der Waals surface area contributed by atoms with Gasteiger partial charge in [0, 0.05) is 6.61 Å². The molecule has 0 radical (unpaired) electrons. The van der Waals surface area contributed by atoms with E-state index in [0.717, 1.165) is 30.6 Å². The average molecular weight is 441 g/mol. The number of aryl methyl sites for hydroxylation is 2. The molecule has 3 heterocycles. The summed E-state index contributed by atoms with van der Waals surface area (Å²) < 4.78 is 16.7. The Labute approximate surface area is 184 Å². The van der Waals surface area contributed by atoms with E-state index >= 15 is 0 Å². The number of carbonyl (C=O) groups is 2. The molecule has 7 nitrogen and oxygen atoms in total. The highest BCUT2D eigenvalue weighted by atomic mass is 32.1. The van der Waals surface area contributed by atoms with Crippen LogP contribution < -0.4 is 15.4 Å². The lowest BCUT2D eigenvalue weighted by atomic mass is 10.2. The molecule has 4 rings (SSSR count). The highest BCUT2D eigenvalue weighted by Gasteiger charge is 2.20. The van der Waals surface area contributed by atoms with Crippen molar-refractivity contribution in [3.8, 4) is 5.75 Å². The van der Waals surface area contributed by atoms with E-state index in [0.29, 0.717) is 27.9 Å². The predicted octanol–water partition coefficient (Wildman–Crippen LogP) is 5.02. The van der Waals surface area contributed by atoms with Crippen molar-refractivity contribution in [1.82, 2.24) is 0 Å². The summed E-state index contributed by atoms with van der Waals surface area (Å²) in [6, 6.07) is 10.7. The van der Waals surface area contributed by atoms with Crippen LogP contribution in [0.25, 0.3) is 0 Å². The number of anilines is 2. The number of amides is 2. The Hall–Kier alpha value is -3.10. The minimum atomic E-state index is -0.360. The topological polar surface area (TPSA) is 89.8 Å². The lowest BCUT2D eigenvalue weighted by molar-refractivity contribution is 0.0681. The van der Waals surface area contributed by atoms with Crippen LogP contribution in [0.15, 0.2) is 47.1 Å². The van der Waals surface area contributed by atoms with Gasteiger partial charge in [0.2, 0.25) is 0 Å². The Morgan fingerprint density at radius 2 is 2.03 bits per heavy atom. The number of hydrogen-bond acceptors (Lipinski definition) is 6. The summed E-state index contributed by atoms with van der Waals surface area (Å²) in [5.74, 6) is 0.211. The number of nitrogens with one attached hydrogen (secondary N) is 2. The predicted molar refractivity (Wildman–Crippen MR) is 119 cm³/mol. The number of thiophene rings is 1. The molecule has 1 aromatic carbocycles. The van der Waals surface area contributed by atoms with Gasteiger partial charge in [0.05, 0.1) is 27.9 Å². The second kappa shape index (κ2) is 9.36. The first kappa shape index (κ1) is 21.1. The van der Waals surface area contributed by atoms with Gasteiger partial charge in [-0.1, -0.05) is 6.07 Å². The molecule has 31 heavy (non-hydrogen) atoms. The lowest BCUT2D eigenvalue weighted by Gasteiger charge is -2.16. The van der Waals surface area contributed by atoms with Crippen molar-refractivity contribution in [1.29, 1.82) is 0 Å². The quantitative estimate of drug-likeness (QED) is 0.538. The monoisotopic (exact) mass is 440 g/mol. The van der Waals surface area contributed by atoms with Crippen LogP contribution in [-0.2, 0) is 4.74 Å². The fourth-order valence-electron chi connectivity index (χ4n) is 3.34. The fraction of sp³-hybridized carbons (Fsp3) is 0.304. The Morgan fingerprint density at radius 3 is 2.77 bits per heavy atom. The highest BCUT2D eigenvalue weighted by molar-refractivity contribution is 7.18. The fourth-order valence-corrected chi connectivity index (χ4v) is 4.30. The normalized spacial score (nSPS) is 15.6. The molecule has 1 unspecified atom stereocenters. The molecule has 0 saturated carbocycles. The molecule has 1 fully saturated rings.